The number of nitrogens with one attached hydrogen (secondary N) is 1. The molecule has 1 aliphatic rings. The predicted octanol–water partition coefficient (Wildman–Crippen LogP) is 2.85. The van der Waals surface area contributed by atoms with E-state index in [1.165, 1.54) is 24.3 Å². The van der Waals surface area contributed by atoms with Gasteiger partial charge in [0, 0.05) is 5.69 Å². The van der Waals surface area contributed by atoms with Crippen LogP contribution in [0.15, 0.2) is 42.5 Å². The van der Waals surface area contributed by atoms with E-state index >= 15 is 0 Å². The Hall–Kier alpha value is -2.56. The minimum absolute atomic E-state index is 0.320. The maximum atomic E-state index is 12.8. The molecule has 0 fully saturated rings. The second-order valence-electron chi connectivity index (χ2n) is 4.29. The third-order valence-electron chi connectivity index (χ3n) is 2.91. The van der Waals surface area contributed by atoms with E-state index in [9.17, 15) is 9.18 Å². The van der Waals surface area contributed by atoms with Crippen molar-refractivity contribution >= 4 is 11.6 Å². The van der Waals surface area contributed by atoms with Crippen LogP contribution in [0.4, 0.5) is 10.1 Å². The summed E-state index contributed by atoms with van der Waals surface area (Å²) in [6, 6.07) is 10.7. The van der Waals surface area contributed by atoms with Crippen LogP contribution in [0.2, 0.25) is 0 Å². The molecule has 0 saturated heterocycles. The lowest BCUT2D eigenvalue weighted by atomic mass is 10.1. The van der Waals surface area contributed by atoms with Crippen molar-refractivity contribution in [2.24, 2.45) is 0 Å². The number of carbonyl (C=O) groups is 1. The average Bonchev–Trinajstić information content (AvgIpc) is 2.49. The van der Waals surface area contributed by atoms with Gasteiger partial charge >= 0.3 is 0 Å². The lowest BCUT2D eigenvalue weighted by Gasteiger charge is -2.20. The Morgan fingerprint density at radius 1 is 1.05 bits per heavy atom. The van der Waals surface area contributed by atoms with Crippen LogP contribution in [0.5, 0.6) is 11.5 Å². The topological polar surface area (TPSA) is 47.6 Å². The van der Waals surface area contributed by atoms with Crippen molar-refractivity contribution in [1.82, 2.24) is 0 Å². The van der Waals surface area contributed by atoms with E-state index in [-0.39, 0.29) is 11.7 Å². The summed E-state index contributed by atoms with van der Waals surface area (Å²) in [6.45, 7) is 0.879. The number of halogens is 1. The summed E-state index contributed by atoms with van der Waals surface area (Å²) < 4.78 is 23.7. The summed E-state index contributed by atoms with van der Waals surface area (Å²) in [5.74, 6) is 0.331. The molecule has 0 saturated carbocycles. The van der Waals surface area contributed by atoms with Crippen LogP contribution in [-0.2, 0) is 0 Å². The van der Waals surface area contributed by atoms with Crippen molar-refractivity contribution in [2.45, 2.75) is 0 Å². The summed E-state index contributed by atoms with van der Waals surface area (Å²) in [6.07, 6.45) is 0. The van der Waals surface area contributed by atoms with Gasteiger partial charge in [-0.05, 0) is 36.4 Å². The van der Waals surface area contributed by atoms with E-state index in [2.05, 4.69) is 5.32 Å². The first-order valence-electron chi connectivity index (χ1n) is 6.19. The van der Waals surface area contributed by atoms with Crippen molar-refractivity contribution < 1.29 is 18.7 Å². The van der Waals surface area contributed by atoms with Crippen LogP contribution >= 0.6 is 0 Å². The zero-order valence-electron chi connectivity index (χ0n) is 10.6. The SMILES string of the molecule is O=C(Nc1ccc(F)cc1)c1cccc2c1OCCO2. The highest BCUT2D eigenvalue weighted by molar-refractivity contribution is 6.06. The molecule has 1 aliphatic heterocycles. The molecular weight excluding hydrogens is 261 g/mol. The zero-order valence-corrected chi connectivity index (χ0v) is 10.6. The van der Waals surface area contributed by atoms with Crippen LogP contribution < -0.4 is 14.8 Å². The van der Waals surface area contributed by atoms with Gasteiger partial charge in [-0.1, -0.05) is 6.07 Å². The Kier molecular flexibility index (Phi) is 3.25. The van der Waals surface area contributed by atoms with E-state index in [4.69, 9.17) is 9.47 Å². The van der Waals surface area contributed by atoms with Crippen LogP contribution in [0.1, 0.15) is 10.4 Å². The third kappa shape index (κ3) is 2.42. The molecule has 2 aromatic carbocycles. The molecule has 4 nitrogen and oxygen atoms in total. The molecule has 0 bridgehead atoms. The molecule has 102 valence electrons. The second-order valence-corrected chi connectivity index (χ2v) is 4.29. The van der Waals surface area contributed by atoms with Crippen molar-refractivity contribution in [3.63, 3.8) is 0 Å². The number of fused-ring (bicyclic) bond motifs is 1. The molecule has 1 heterocycles. The summed E-state index contributed by atoms with van der Waals surface area (Å²) in [4.78, 5) is 12.2. The highest BCUT2D eigenvalue weighted by atomic mass is 19.1. The van der Waals surface area contributed by atoms with E-state index in [0.717, 1.165) is 0 Å². The monoisotopic (exact) mass is 273 g/mol. The fraction of sp³-hybridized carbons (Fsp3) is 0.133. The van der Waals surface area contributed by atoms with Crippen LogP contribution in [0, 0.1) is 5.82 Å². The number of hydrogen-bond acceptors (Lipinski definition) is 3. The number of hydrogen-bond donors (Lipinski definition) is 1. The van der Waals surface area contributed by atoms with Gasteiger partial charge in [0.1, 0.15) is 19.0 Å². The van der Waals surface area contributed by atoms with Gasteiger partial charge in [0.05, 0.1) is 5.56 Å². The Morgan fingerprint density at radius 2 is 1.80 bits per heavy atom. The Balaban J connectivity index is 1.85. The number of rotatable bonds is 2. The molecule has 1 N–H and O–H groups in total. The van der Waals surface area contributed by atoms with Gasteiger partial charge in [-0.15, -0.1) is 0 Å². The molecule has 0 aliphatic carbocycles. The van der Waals surface area contributed by atoms with Crippen LogP contribution in [0.25, 0.3) is 0 Å². The summed E-state index contributed by atoms with van der Waals surface area (Å²) >= 11 is 0. The quantitative estimate of drug-likeness (QED) is 0.915. The molecule has 0 radical (unpaired) electrons. The van der Waals surface area contributed by atoms with E-state index in [1.807, 2.05) is 0 Å². The largest absolute Gasteiger partial charge is 0.486 e. The van der Waals surface area contributed by atoms with Crippen molar-refractivity contribution in [3.8, 4) is 11.5 Å². The number of para-hydroxylation sites is 1. The second kappa shape index (κ2) is 5.21. The van der Waals surface area contributed by atoms with Gasteiger partial charge in [-0.25, -0.2) is 4.39 Å². The Morgan fingerprint density at radius 3 is 2.60 bits per heavy atom. The number of benzene rings is 2. The average molecular weight is 273 g/mol. The number of carbonyl (C=O) groups excluding carboxylic acids is 1. The smallest absolute Gasteiger partial charge is 0.259 e. The maximum Gasteiger partial charge on any atom is 0.259 e. The first-order valence-corrected chi connectivity index (χ1v) is 6.19. The lowest BCUT2D eigenvalue weighted by molar-refractivity contribution is 0.101. The molecule has 20 heavy (non-hydrogen) atoms. The predicted molar refractivity (Wildman–Crippen MR) is 71.8 cm³/mol. The molecular formula is C15H12FNO3. The summed E-state index contributed by atoms with van der Waals surface area (Å²) in [7, 11) is 0. The summed E-state index contributed by atoms with van der Waals surface area (Å²) in [5, 5.41) is 2.69. The van der Waals surface area contributed by atoms with Crippen molar-refractivity contribution in [3.05, 3.63) is 53.8 Å². The molecule has 0 unspecified atom stereocenters. The van der Waals surface area contributed by atoms with Crippen LogP contribution in [-0.4, -0.2) is 19.1 Å². The van der Waals surface area contributed by atoms with Gasteiger partial charge in [0.25, 0.3) is 5.91 Å². The minimum Gasteiger partial charge on any atom is -0.486 e. The number of ether oxygens (including phenoxy) is 2. The van der Waals surface area contributed by atoms with Crippen molar-refractivity contribution in [2.75, 3.05) is 18.5 Å². The first-order chi connectivity index (χ1) is 9.74. The van der Waals surface area contributed by atoms with Gasteiger partial charge in [-0.2, -0.15) is 0 Å². The van der Waals surface area contributed by atoms with E-state index in [0.29, 0.717) is 36.0 Å². The molecule has 0 aromatic heterocycles. The first kappa shape index (κ1) is 12.5. The Bertz CT molecular complexity index is 640. The van der Waals surface area contributed by atoms with Gasteiger partial charge in [-0.3, -0.25) is 4.79 Å². The van der Waals surface area contributed by atoms with Gasteiger partial charge in [0.15, 0.2) is 11.5 Å². The minimum atomic E-state index is -0.350. The van der Waals surface area contributed by atoms with E-state index in [1.54, 1.807) is 18.2 Å². The molecule has 5 heteroatoms. The molecule has 0 spiro atoms. The molecule has 2 aromatic rings. The standard InChI is InChI=1S/C15H12FNO3/c16-10-4-6-11(7-5-10)17-15(18)12-2-1-3-13-14(12)20-9-8-19-13/h1-7H,8-9H2,(H,17,18). The Labute approximate surface area is 115 Å². The highest BCUT2D eigenvalue weighted by Gasteiger charge is 2.20. The summed E-state index contributed by atoms with van der Waals surface area (Å²) in [5.41, 5.74) is 0.914. The lowest BCUT2D eigenvalue weighted by Crippen LogP contribution is -2.20. The van der Waals surface area contributed by atoms with Crippen LogP contribution in [0.3, 0.4) is 0 Å². The maximum absolute atomic E-state index is 12.8. The van der Waals surface area contributed by atoms with Gasteiger partial charge < -0.3 is 14.8 Å². The third-order valence-corrected chi connectivity index (χ3v) is 2.91. The van der Waals surface area contributed by atoms with Gasteiger partial charge in [0.2, 0.25) is 0 Å². The zero-order chi connectivity index (χ0) is 13.9. The number of anilines is 1. The fourth-order valence-electron chi connectivity index (χ4n) is 1.98. The highest BCUT2D eigenvalue weighted by Crippen LogP contribution is 2.33. The molecule has 1 amide bonds. The number of amides is 1. The molecule has 0 atom stereocenters. The van der Waals surface area contributed by atoms with E-state index < -0.39 is 0 Å². The van der Waals surface area contributed by atoms with Crippen molar-refractivity contribution in [1.29, 1.82) is 0 Å². The normalized spacial score (nSPS) is 12.8. The fourth-order valence-corrected chi connectivity index (χ4v) is 1.98. The molecule has 3 rings (SSSR count).